The smallest absolute Gasteiger partial charge is 0.162 e. The van der Waals surface area contributed by atoms with Gasteiger partial charge in [-0.3, -0.25) is 0 Å². The monoisotopic (exact) mass is 283 g/mol. The molecule has 1 aromatic rings. The van der Waals surface area contributed by atoms with Gasteiger partial charge in [-0.15, -0.1) is 0 Å². The molecular weight excluding hydrogens is 262 g/mol. The Morgan fingerprint density at radius 2 is 2.11 bits per heavy atom. The van der Waals surface area contributed by atoms with Crippen LogP contribution in [0.1, 0.15) is 37.7 Å². The first-order valence-electron chi connectivity index (χ1n) is 6.86. The van der Waals surface area contributed by atoms with Crippen LogP contribution < -0.4 is 15.2 Å². The van der Waals surface area contributed by atoms with Gasteiger partial charge in [0.2, 0.25) is 0 Å². The quantitative estimate of drug-likeness (QED) is 0.832. The van der Waals surface area contributed by atoms with E-state index in [2.05, 4.69) is 6.92 Å². The van der Waals surface area contributed by atoms with Crippen LogP contribution in [0.5, 0.6) is 11.5 Å². The molecule has 1 unspecified atom stereocenters. The van der Waals surface area contributed by atoms with Crippen LogP contribution in [-0.4, -0.2) is 20.3 Å². The molecule has 1 aliphatic carbocycles. The number of benzene rings is 1. The Morgan fingerprint density at radius 3 is 2.68 bits per heavy atom. The van der Waals surface area contributed by atoms with Gasteiger partial charge in [-0.2, -0.15) is 0 Å². The summed E-state index contributed by atoms with van der Waals surface area (Å²) < 4.78 is 11.2. The van der Waals surface area contributed by atoms with Crippen molar-refractivity contribution in [2.45, 2.75) is 32.1 Å². The largest absolute Gasteiger partial charge is 0.493 e. The van der Waals surface area contributed by atoms with E-state index in [-0.39, 0.29) is 0 Å². The summed E-state index contributed by atoms with van der Waals surface area (Å²) >= 11 is 6.34. The van der Waals surface area contributed by atoms with Crippen molar-refractivity contribution in [2.24, 2.45) is 11.7 Å². The first-order valence-corrected chi connectivity index (χ1v) is 7.23. The normalized spacial score (nSPS) is 16.2. The van der Waals surface area contributed by atoms with E-state index in [4.69, 9.17) is 26.8 Å². The molecule has 0 saturated heterocycles. The fraction of sp³-hybridized carbons (Fsp3) is 0.600. The molecule has 3 nitrogen and oxygen atoms in total. The van der Waals surface area contributed by atoms with E-state index in [1.54, 1.807) is 7.11 Å². The molecule has 0 aliphatic heterocycles. The maximum absolute atomic E-state index is 6.34. The van der Waals surface area contributed by atoms with Crippen LogP contribution in [0.25, 0.3) is 0 Å². The van der Waals surface area contributed by atoms with E-state index in [1.165, 1.54) is 12.8 Å². The second-order valence-corrected chi connectivity index (χ2v) is 5.66. The lowest BCUT2D eigenvalue weighted by Gasteiger charge is -2.17. The summed E-state index contributed by atoms with van der Waals surface area (Å²) in [5.41, 5.74) is 6.68. The Bertz CT molecular complexity index is 432. The highest BCUT2D eigenvalue weighted by Crippen LogP contribution is 2.38. The van der Waals surface area contributed by atoms with Gasteiger partial charge in [-0.1, -0.05) is 18.5 Å². The standard InChI is InChI=1S/C15H22ClNO2/c1-10(5-6-17)12-7-14(18-2)15(8-13(12)16)19-9-11-3-4-11/h7-8,10-11H,3-6,9,17H2,1-2H3. The number of hydrogen-bond acceptors (Lipinski definition) is 3. The average Bonchev–Trinajstić information content (AvgIpc) is 3.20. The molecule has 0 aromatic heterocycles. The maximum Gasteiger partial charge on any atom is 0.162 e. The third-order valence-corrected chi connectivity index (χ3v) is 3.91. The number of methoxy groups -OCH3 is 1. The Labute approximate surface area is 120 Å². The van der Waals surface area contributed by atoms with Crippen LogP contribution in [0, 0.1) is 5.92 Å². The minimum atomic E-state index is 0.323. The average molecular weight is 284 g/mol. The first kappa shape index (κ1) is 14.5. The molecule has 1 aromatic carbocycles. The summed E-state index contributed by atoms with van der Waals surface area (Å²) in [4.78, 5) is 0. The van der Waals surface area contributed by atoms with Crippen molar-refractivity contribution in [3.63, 3.8) is 0 Å². The molecule has 4 heteroatoms. The van der Waals surface area contributed by atoms with Crippen LogP contribution in [0.4, 0.5) is 0 Å². The van der Waals surface area contributed by atoms with Gasteiger partial charge in [-0.05, 0) is 49.3 Å². The molecule has 0 heterocycles. The van der Waals surface area contributed by atoms with Crippen molar-refractivity contribution in [1.82, 2.24) is 0 Å². The van der Waals surface area contributed by atoms with Gasteiger partial charge >= 0.3 is 0 Å². The zero-order valence-electron chi connectivity index (χ0n) is 11.6. The van der Waals surface area contributed by atoms with Crippen LogP contribution in [0.2, 0.25) is 5.02 Å². The second-order valence-electron chi connectivity index (χ2n) is 5.26. The van der Waals surface area contributed by atoms with E-state index in [1.807, 2.05) is 12.1 Å². The molecule has 0 amide bonds. The number of rotatable bonds is 7. The lowest BCUT2D eigenvalue weighted by molar-refractivity contribution is 0.280. The predicted molar refractivity (Wildman–Crippen MR) is 78.3 cm³/mol. The molecule has 19 heavy (non-hydrogen) atoms. The molecule has 0 spiro atoms. The van der Waals surface area contributed by atoms with Crippen LogP contribution in [0.3, 0.4) is 0 Å². The van der Waals surface area contributed by atoms with Gasteiger partial charge in [0.25, 0.3) is 0 Å². The SMILES string of the molecule is COc1cc(C(C)CCN)c(Cl)cc1OCC1CC1. The van der Waals surface area contributed by atoms with Gasteiger partial charge in [0, 0.05) is 11.1 Å². The summed E-state index contributed by atoms with van der Waals surface area (Å²) in [5.74, 6) is 2.52. The molecule has 106 valence electrons. The molecule has 0 bridgehead atoms. The van der Waals surface area contributed by atoms with Crippen molar-refractivity contribution in [2.75, 3.05) is 20.3 Å². The number of nitrogens with two attached hydrogens (primary N) is 1. The fourth-order valence-corrected chi connectivity index (χ4v) is 2.44. The van der Waals surface area contributed by atoms with Crippen molar-refractivity contribution < 1.29 is 9.47 Å². The molecular formula is C15H22ClNO2. The zero-order valence-corrected chi connectivity index (χ0v) is 12.4. The fourth-order valence-electron chi connectivity index (χ4n) is 2.10. The van der Waals surface area contributed by atoms with Crippen LogP contribution in [-0.2, 0) is 0 Å². The lowest BCUT2D eigenvalue weighted by atomic mass is 9.97. The van der Waals surface area contributed by atoms with Crippen molar-refractivity contribution >= 4 is 11.6 Å². The molecule has 1 atom stereocenters. The number of halogens is 1. The minimum absolute atomic E-state index is 0.323. The van der Waals surface area contributed by atoms with Crippen molar-refractivity contribution in [1.29, 1.82) is 0 Å². The van der Waals surface area contributed by atoms with E-state index in [9.17, 15) is 0 Å². The topological polar surface area (TPSA) is 44.5 Å². The van der Waals surface area contributed by atoms with E-state index >= 15 is 0 Å². The van der Waals surface area contributed by atoms with Gasteiger partial charge in [0.1, 0.15) is 0 Å². The second kappa shape index (κ2) is 6.49. The summed E-state index contributed by atoms with van der Waals surface area (Å²) in [6, 6.07) is 3.84. The van der Waals surface area contributed by atoms with E-state index < -0.39 is 0 Å². The third kappa shape index (κ3) is 3.77. The summed E-state index contributed by atoms with van der Waals surface area (Å²) in [6.07, 6.45) is 3.44. The van der Waals surface area contributed by atoms with Crippen molar-refractivity contribution in [3.8, 4) is 11.5 Å². The molecule has 1 aliphatic rings. The van der Waals surface area contributed by atoms with Crippen LogP contribution >= 0.6 is 11.6 Å². The molecule has 1 saturated carbocycles. The summed E-state index contributed by atoms with van der Waals surface area (Å²) in [7, 11) is 1.66. The van der Waals surface area contributed by atoms with E-state index in [0.29, 0.717) is 18.4 Å². The maximum atomic E-state index is 6.34. The Balaban J connectivity index is 2.17. The highest BCUT2D eigenvalue weighted by molar-refractivity contribution is 6.31. The van der Waals surface area contributed by atoms with Gasteiger partial charge in [-0.25, -0.2) is 0 Å². The van der Waals surface area contributed by atoms with E-state index in [0.717, 1.165) is 35.1 Å². The lowest BCUT2D eigenvalue weighted by Crippen LogP contribution is -2.06. The Kier molecular flexibility index (Phi) is 4.94. The summed E-state index contributed by atoms with van der Waals surface area (Å²) in [6.45, 7) is 3.53. The van der Waals surface area contributed by atoms with Gasteiger partial charge in [0.05, 0.1) is 13.7 Å². The molecule has 1 fully saturated rings. The molecule has 2 rings (SSSR count). The van der Waals surface area contributed by atoms with Gasteiger partial charge in [0.15, 0.2) is 11.5 Å². The number of ether oxygens (including phenoxy) is 2. The predicted octanol–water partition coefficient (Wildman–Crippen LogP) is 3.59. The third-order valence-electron chi connectivity index (χ3n) is 3.59. The van der Waals surface area contributed by atoms with Crippen LogP contribution in [0.15, 0.2) is 12.1 Å². The highest BCUT2D eigenvalue weighted by atomic mass is 35.5. The number of hydrogen-bond donors (Lipinski definition) is 1. The molecule has 0 radical (unpaired) electrons. The first-order chi connectivity index (χ1) is 9.15. The zero-order chi connectivity index (χ0) is 13.8. The highest BCUT2D eigenvalue weighted by Gasteiger charge is 2.23. The Hall–Kier alpha value is -0.930. The van der Waals surface area contributed by atoms with Gasteiger partial charge < -0.3 is 15.2 Å². The minimum Gasteiger partial charge on any atom is -0.493 e. The van der Waals surface area contributed by atoms with Crippen molar-refractivity contribution in [3.05, 3.63) is 22.7 Å². The Morgan fingerprint density at radius 1 is 1.37 bits per heavy atom. The molecule has 2 N–H and O–H groups in total. The summed E-state index contributed by atoms with van der Waals surface area (Å²) in [5, 5.41) is 0.729.